The van der Waals surface area contributed by atoms with Crippen LogP contribution in [0.1, 0.15) is 10.4 Å². The number of carbonyl (C=O) groups excluding carboxylic acids is 1. The van der Waals surface area contributed by atoms with Gasteiger partial charge in [0.25, 0.3) is 0 Å². The van der Waals surface area contributed by atoms with Crippen LogP contribution in [-0.2, 0) is 0 Å². The third kappa shape index (κ3) is 1.99. The van der Waals surface area contributed by atoms with Crippen molar-refractivity contribution in [2.24, 2.45) is 0 Å². The normalized spacial score (nSPS) is 9.87. The molecule has 0 amide bonds. The van der Waals surface area contributed by atoms with Crippen LogP contribution in [0.25, 0.3) is 11.3 Å². The molecule has 0 saturated heterocycles. The van der Waals surface area contributed by atoms with Crippen molar-refractivity contribution in [3.63, 3.8) is 0 Å². The Bertz CT molecular complexity index is 479. The van der Waals surface area contributed by atoms with E-state index < -0.39 is 0 Å². The monoisotopic (exact) mass is 199 g/mol. The molecule has 0 unspecified atom stereocenters. The molecule has 0 aliphatic rings. The van der Waals surface area contributed by atoms with Crippen LogP contribution < -0.4 is 5.73 Å². The molecule has 0 aliphatic heterocycles. The smallest absolute Gasteiger partial charge is 0.220 e. The first-order chi connectivity index (χ1) is 7.29. The predicted octanol–water partition coefficient (Wildman–Crippen LogP) is 1.54. The van der Waals surface area contributed by atoms with Gasteiger partial charge in [-0.1, -0.05) is 24.3 Å². The van der Waals surface area contributed by atoms with Crippen LogP contribution in [0.15, 0.2) is 36.5 Å². The maximum atomic E-state index is 10.5. The second-order valence-corrected chi connectivity index (χ2v) is 3.04. The van der Waals surface area contributed by atoms with Crippen molar-refractivity contribution >= 4 is 12.2 Å². The number of nitrogen functional groups attached to an aromatic ring is 1. The molecular weight excluding hydrogens is 190 g/mol. The fourth-order valence-corrected chi connectivity index (χ4v) is 1.27. The van der Waals surface area contributed by atoms with Crippen molar-refractivity contribution in [3.8, 4) is 11.3 Å². The minimum atomic E-state index is 0.243. The van der Waals surface area contributed by atoms with Crippen LogP contribution in [0.4, 0.5) is 5.95 Å². The first kappa shape index (κ1) is 9.33. The SMILES string of the molecule is Nc1nccc(-c2ccc(C=O)cc2)n1. The topological polar surface area (TPSA) is 68.9 Å². The quantitative estimate of drug-likeness (QED) is 0.745. The molecule has 0 atom stereocenters. The number of rotatable bonds is 2. The van der Waals surface area contributed by atoms with Crippen molar-refractivity contribution < 1.29 is 4.79 Å². The van der Waals surface area contributed by atoms with Crippen LogP contribution in [0.3, 0.4) is 0 Å². The molecule has 0 bridgehead atoms. The number of hydrogen-bond donors (Lipinski definition) is 1. The lowest BCUT2D eigenvalue weighted by atomic mass is 10.1. The van der Waals surface area contributed by atoms with Crippen molar-refractivity contribution in [2.45, 2.75) is 0 Å². The summed E-state index contributed by atoms with van der Waals surface area (Å²) in [5.74, 6) is 0.243. The van der Waals surface area contributed by atoms with Crippen LogP contribution in [0, 0.1) is 0 Å². The van der Waals surface area contributed by atoms with Crippen molar-refractivity contribution in [3.05, 3.63) is 42.1 Å². The zero-order chi connectivity index (χ0) is 10.7. The Morgan fingerprint density at radius 3 is 2.47 bits per heavy atom. The lowest BCUT2D eigenvalue weighted by Crippen LogP contribution is -1.95. The van der Waals surface area contributed by atoms with E-state index in [2.05, 4.69) is 9.97 Å². The molecule has 4 heteroatoms. The number of nitrogens with zero attached hydrogens (tertiary/aromatic N) is 2. The van der Waals surface area contributed by atoms with Crippen LogP contribution >= 0.6 is 0 Å². The predicted molar refractivity (Wildman–Crippen MR) is 57.3 cm³/mol. The first-order valence-corrected chi connectivity index (χ1v) is 4.44. The summed E-state index contributed by atoms with van der Waals surface area (Å²) in [6.45, 7) is 0. The Hall–Kier alpha value is -2.23. The summed E-state index contributed by atoms with van der Waals surface area (Å²) in [5.41, 5.74) is 7.77. The Kier molecular flexibility index (Phi) is 2.41. The average Bonchev–Trinajstić information content (AvgIpc) is 2.29. The summed E-state index contributed by atoms with van der Waals surface area (Å²) < 4.78 is 0. The maximum Gasteiger partial charge on any atom is 0.220 e. The minimum absolute atomic E-state index is 0.243. The van der Waals surface area contributed by atoms with Gasteiger partial charge in [-0.2, -0.15) is 0 Å². The Morgan fingerprint density at radius 1 is 1.13 bits per heavy atom. The molecule has 0 spiro atoms. The number of aromatic nitrogens is 2. The molecular formula is C11H9N3O. The molecule has 2 rings (SSSR count). The van der Waals surface area contributed by atoms with Gasteiger partial charge in [-0.25, -0.2) is 9.97 Å². The molecule has 0 aliphatic carbocycles. The fraction of sp³-hybridized carbons (Fsp3) is 0. The first-order valence-electron chi connectivity index (χ1n) is 4.44. The van der Waals surface area contributed by atoms with Crippen molar-refractivity contribution in [1.29, 1.82) is 0 Å². The molecule has 1 heterocycles. The minimum Gasteiger partial charge on any atom is -0.368 e. The third-order valence-electron chi connectivity index (χ3n) is 2.02. The van der Waals surface area contributed by atoms with Gasteiger partial charge in [0.2, 0.25) is 5.95 Å². The van der Waals surface area contributed by atoms with E-state index in [1.807, 2.05) is 12.1 Å². The van der Waals surface area contributed by atoms with Crippen molar-refractivity contribution in [1.82, 2.24) is 9.97 Å². The van der Waals surface area contributed by atoms with E-state index in [0.717, 1.165) is 17.5 Å². The number of nitrogens with two attached hydrogens (primary N) is 1. The zero-order valence-electron chi connectivity index (χ0n) is 7.92. The molecule has 0 saturated carbocycles. The number of anilines is 1. The highest BCUT2D eigenvalue weighted by atomic mass is 16.1. The van der Waals surface area contributed by atoms with Gasteiger partial charge in [0, 0.05) is 17.3 Å². The Balaban J connectivity index is 2.41. The van der Waals surface area contributed by atoms with E-state index in [1.165, 1.54) is 0 Å². The molecule has 15 heavy (non-hydrogen) atoms. The zero-order valence-corrected chi connectivity index (χ0v) is 7.92. The summed E-state index contributed by atoms with van der Waals surface area (Å²) in [4.78, 5) is 18.3. The number of carbonyl (C=O) groups is 1. The molecule has 2 aromatic rings. The molecule has 1 aromatic heterocycles. The molecule has 1 aromatic carbocycles. The lowest BCUT2D eigenvalue weighted by molar-refractivity contribution is 0.112. The highest BCUT2D eigenvalue weighted by Crippen LogP contribution is 2.16. The van der Waals surface area contributed by atoms with Gasteiger partial charge in [-0.15, -0.1) is 0 Å². The van der Waals surface area contributed by atoms with Gasteiger partial charge < -0.3 is 5.73 Å². The van der Waals surface area contributed by atoms with E-state index in [4.69, 9.17) is 5.73 Å². The molecule has 74 valence electrons. The second kappa shape index (κ2) is 3.88. The summed E-state index contributed by atoms with van der Waals surface area (Å²) in [7, 11) is 0. The largest absolute Gasteiger partial charge is 0.368 e. The molecule has 0 fully saturated rings. The molecule has 2 N–H and O–H groups in total. The van der Waals surface area contributed by atoms with E-state index in [1.54, 1.807) is 24.4 Å². The highest BCUT2D eigenvalue weighted by molar-refractivity contribution is 5.76. The molecule has 4 nitrogen and oxygen atoms in total. The average molecular weight is 199 g/mol. The van der Waals surface area contributed by atoms with Gasteiger partial charge in [0.05, 0.1) is 5.69 Å². The van der Waals surface area contributed by atoms with Gasteiger partial charge in [-0.05, 0) is 6.07 Å². The standard InChI is InChI=1S/C11H9N3O/c12-11-13-6-5-10(14-11)9-3-1-8(7-15)2-4-9/h1-7H,(H2,12,13,14). The lowest BCUT2D eigenvalue weighted by Gasteiger charge is -2.00. The maximum absolute atomic E-state index is 10.5. The Labute approximate surface area is 86.8 Å². The summed E-state index contributed by atoms with van der Waals surface area (Å²) >= 11 is 0. The van der Waals surface area contributed by atoms with E-state index in [0.29, 0.717) is 5.56 Å². The highest BCUT2D eigenvalue weighted by Gasteiger charge is 1.99. The number of aldehydes is 1. The summed E-state index contributed by atoms with van der Waals surface area (Å²) in [6.07, 6.45) is 2.41. The summed E-state index contributed by atoms with van der Waals surface area (Å²) in [6, 6.07) is 8.89. The van der Waals surface area contributed by atoms with Gasteiger partial charge >= 0.3 is 0 Å². The second-order valence-electron chi connectivity index (χ2n) is 3.04. The van der Waals surface area contributed by atoms with Gasteiger partial charge in [0.15, 0.2) is 0 Å². The van der Waals surface area contributed by atoms with Gasteiger partial charge in [-0.3, -0.25) is 4.79 Å². The van der Waals surface area contributed by atoms with Crippen LogP contribution in [-0.4, -0.2) is 16.3 Å². The van der Waals surface area contributed by atoms with Gasteiger partial charge in [0.1, 0.15) is 6.29 Å². The van der Waals surface area contributed by atoms with E-state index in [-0.39, 0.29) is 5.95 Å². The number of benzene rings is 1. The summed E-state index contributed by atoms with van der Waals surface area (Å²) in [5, 5.41) is 0. The fourth-order valence-electron chi connectivity index (χ4n) is 1.27. The molecule has 0 radical (unpaired) electrons. The van der Waals surface area contributed by atoms with Crippen molar-refractivity contribution in [2.75, 3.05) is 5.73 Å². The van der Waals surface area contributed by atoms with E-state index >= 15 is 0 Å². The van der Waals surface area contributed by atoms with Crippen LogP contribution in [0.5, 0.6) is 0 Å². The van der Waals surface area contributed by atoms with E-state index in [9.17, 15) is 4.79 Å². The third-order valence-corrected chi connectivity index (χ3v) is 2.02. The Morgan fingerprint density at radius 2 is 1.87 bits per heavy atom. The van der Waals surface area contributed by atoms with Crippen LogP contribution in [0.2, 0.25) is 0 Å². The number of hydrogen-bond acceptors (Lipinski definition) is 4.